The van der Waals surface area contributed by atoms with E-state index in [1.54, 1.807) is 0 Å². The van der Waals surface area contributed by atoms with E-state index < -0.39 is 0 Å². The molecule has 3 nitrogen and oxygen atoms in total. The summed E-state index contributed by atoms with van der Waals surface area (Å²) in [6.45, 7) is 5.20. The van der Waals surface area contributed by atoms with Crippen LogP contribution < -0.4 is 10.6 Å². The molecule has 1 aromatic rings. The molecule has 1 aromatic carbocycles. The van der Waals surface area contributed by atoms with Crippen molar-refractivity contribution >= 4 is 6.21 Å². The van der Waals surface area contributed by atoms with E-state index in [0.29, 0.717) is 6.04 Å². The first-order valence-electron chi connectivity index (χ1n) is 8.95. The van der Waals surface area contributed by atoms with Gasteiger partial charge in [-0.3, -0.25) is 4.99 Å². The lowest BCUT2D eigenvalue weighted by Crippen LogP contribution is -2.27. The molecule has 0 aliphatic rings. The highest BCUT2D eigenvalue weighted by atomic mass is 14.9. The van der Waals surface area contributed by atoms with Gasteiger partial charge in [-0.25, -0.2) is 0 Å². The van der Waals surface area contributed by atoms with E-state index in [2.05, 4.69) is 66.3 Å². The van der Waals surface area contributed by atoms with E-state index in [1.165, 1.54) is 24.0 Å². The second kappa shape index (κ2) is 12.7. The lowest BCUT2D eigenvalue weighted by molar-refractivity contribution is 0.578. The molecule has 24 heavy (non-hydrogen) atoms. The molecule has 2 unspecified atom stereocenters. The number of rotatable bonds is 11. The van der Waals surface area contributed by atoms with Crippen molar-refractivity contribution in [3.63, 3.8) is 0 Å². The van der Waals surface area contributed by atoms with Crippen LogP contribution in [-0.2, 0) is 0 Å². The summed E-state index contributed by atoms with van der Waals surface area (Å²) in [6, 6.07) is 10.9. The third-order valence-corrected chi connectivity index (χ3v) is 4.10. The Labute approximate surface area is 148 Å². The van der Waals surface area contributed by atoms with E-state index in [0.717, 1.165) is 13.0 Å². The molecule has 0 saturated carbocycles. The minimum atomic E-state index is 0.0561. The maximum Gasteiger partial charge on any atom is 0.0992 e. The van der Waals surface area contributed by atoms with Crippen LogP contribution in [0.2, 0.25) is 0 Å². The van der Waals surface area contributed by atoms with Gasteiger partial charge in [0, 0.05) is 12.3 Å². The molecule has 0 saturated heterocycles. The Kier molecular flexibility index (Phi) is 10.7. The van der Waals surface area contributed by atoms with Crippen molar-refractivity contribution in [1.82, 2.24) is 10.6 Å². The molecule has 0 aromatic heterocycles. The third kappa shape index (κ3) is 7.24. The first-order valence-corrected chi connectivity index (χ1v) is 8.95. The Morgan fingerprint density at radius 1 is 1.12 bits per heavy atom. The zero-order valence-corrected chi connectivity index (χ0v) is 15.6. The summed E-state index contributed by atoms with van der Waals surface area (Å²) < 4.78 is 0. The summed E-state index contributed by atoms with van der Waals surface area (Å²) in [7, 11) is 4.01. The fourth-order valence-corrected chi connectivity index (χ4v) is 2.69. The maximum absolute atomic E-state index is 4.93. The van der Waals surface area contributed by atoms with Gasteiger partial charge in [0.25, 0.3) is 0 Å². The number of hydrogen-bond acceptors (Lipinski definition) is 3. The van der Waals surface area contributed by atoms with E-state index in [9.17, 15) is 0 Å². The van der Waals surface area contributed by atoms with Crippen LogP contribution in [0.25, 0.3) is 0 Å². The molecule has 0 aliphatic carbocycles. The van der Waals surface area contributed by atoms with E-state index >= 15 is 0 Å². The smallest absolute Gasteiger partial charge is 0.0992 e. The predicted octanol–water partition coefficient (Wildman–Crippen LogP) is 4.30. The van der Waals surface area contributed by atoms with Gasteiger partial charge < -0.3 is 10.6 Å². The molecule has 0 aliphatic heterocycles. The van der Waals surface area contributed by atoms with Crippen molar-refractivity contribution in [2.45, 2.75) is 45.2 Å². The van der Waals surface area contributed by atoms with Gasteiger partial charge in [0.1, 0.15) is 0 Å². The number of hydrogen-bond donors (Lipinski definition) is 2. The first-order chi connectivity index (χ1) is 11.8. The number of unbranched alkanes of at least 4 members (excludes halogenated alkanes) is 1. The van der Waals surface area contributed by atoms with Crippen LogP contribution in [0.1, 0.15) is 44.7 Å². The maximum atomic E-state index is 4.93. The Hall–Kier alpha value is -1.71. The second-order valence-electron chi connectivity index (χ2n) is 5.89. The van der Waals surface area contributed by atoms with Crippen LogP contribution >= 0.6 is 0 Å². The summed E-state index contributed by atoms with van der Waals surface area (Å²) in [5.41, 5.74) is 2.45. The lowest BCUT2D eigenvalue weighted by atomic mass is 9.98. The Morgan fingerprint density at radius 3 is 2.46 bits per heavy atom. The topological polar surface area (TPSA) is 36.4 Å². The number of allylic oxidation sites excluding steroid dienone is 2. The van der Waals surface area contributed by atoms with Crippen molar-refractivity contribution in [1.29, 1.82) is 0 Å². The number of nitrogens with one attached hydrogen (secondary N) is 2. The van der Waals surface area contributed by atoms with Crippen LogP contribution in [0, 0.1) is 0 Å². The summed E-state index contributed by atoms with van der Waals surface area (Å²) in [4.78, 5) is 4.93. The van der Waals surface area contributed by atoms with Gasteiger partial charge >= 0.3 is 0 Å². The third-order valence-electron chi connectivity index (χ3n) is 4.10. The van der Waals surface area contributed by atoms with Crippen molar-refractivity contribution in [3.8, 4) is 0 Å². The number of aliphatic imine (C=N–C) groups is 1. The summed E-state index contributed by atoms with van der Waals surface area (Å²) in [6.07, 6.45) is 12.0. The molecule has 0 radical (unpaired) electrons. The average Bonchev–Trinajstić information content (AvgIpc) is 2.63. The van der Waals surface area contributed by atoms with Crippen LogP contribution in [0.5, 0.6) is 0 Å². The van der Waals surface area contributed by atoms with Crippen molar-refractivity contribution in [3.05, 3.63) is 59.7 Å². The van der Waals surface area contributed by atoms with Gasteiger partial charge in [-0.2, -0.15) is 0 Å². The zero-order valence-electron chi connectivity index (χ0n) is 15.6. The molecule has 2 N–H and O–H groups in total. The zero-order chi connectivity index (χ0) is 17.6. The molecule has 0 bridgehead atoms. The Balaban J connectivity index is 2.86. The van der Waals surface area contributed by atoms with Crippen LogP contribution in [0.15, 0.2) is 59.1 Å². The quantitative estimate of drug-likeness (QED) is 0.361. The van der Waals surface area contributed by atoms with E-state index in [-0.39, 0.29) is 6.04 Å². The number of benzene rings is 1. The van der Waals surface area contributed by atoms with Gasteiger partial charge in [0.2, 0.25) is 0 Å². The van der Waals surface area contributed by atoms with Crippen LogP contribution in [0.4, 0.5) is 0 Å². The molecule has 0 spiro atoms. The van der Waals surface area contributed by atoms with E-state index in [1.807, 2.05) is 27.1 Å². The Morgan fingerprint density at radius 2 is 1.88 bits per heavy atom. The largest absolute Gasteiger partial charge is 0.320 e. The van der Waals surface area contributed by atoms with Crippen LogP contribution in [0.3, 0.4) is 0 Å². The van der Waals surface area contributed by atoms with Crippen LogP contribution in [-0.4, -0.2) is 32.9 Å². The predicted molar refractivity (Wildman–Crippen MR) is 107 cm³/mol. The highest BCUT2D eigenvalue weighted by molar-refractivity contribution is 5.65. The first kappa shape index (κ1) is 20.3. The standard InChI is InChI=1S/C21H33N3/c1-5-12-18(6-2)21(19-13-8-7-9-14-19)24-17-20(23-4)15-10-11-16-22-3/h5-9,12-14,17,20-23H,10-11,15-16H2,1-4H3/b12-5-,18-6+,24-17?. The molecule has 0 amide bonds. The highest BCUT2D eigenvalue weighted by Gasteiger charge is 2.13. The Bertz CT molecular complexity index is 517. The molecule has 3 heteroatoms. The van der Waals surface area contributed by atoms with Crippen molar-refractivity contribution in [2.75, 3.05) is 20.6 Å². The summed E-state index contributed by atoms with van der Waals surface area (Å²) in [5, 5.41) is 6.57. The number of nitrogens with zero attached hydrogens (tertiary/aromatic N) is 1. The van der Waals surface area contributed by atoms with Gasteiger partial charge in [0.05, 0.1) is 6.04 Å². The molecule has 2 atom stereocenters. The molecule has 132 valence electrons. The summed E-state index contributed by atoms with van der Waals surface area (Å²) >= 11 is 0. The second-order valence-corrected chi connectivity index (χ2v) is 5.89. The van der Waals surface area contributed by atoms with Gasteiger partial charge in [-0.15, -0.1) is 0 Å². The normalized spacial score (nSPS) is 15.2. The molecular formula is C21H33N3. The summed E-state index contributed by atoms with van der Waals surface area (Å²) in [5.74, 6) is 0. The molecule has 0 fully saturated rings. The van der Waals surface area contributed by atoms with Gasteiger partial charge in [-0.1, -0.05) is 55.0 Å². The molecule has 1 rings (SSSR count). The minimum absolute atomic E-state index is 0.0561. The highest BCUT2D eigenvalue weighted by Crippen LogP contribution is 2.26. The minimum Gasteiger partial charge on any atom is -0.320 e. The van der Waals surface area contributed by atoms with Gasteiger partial charge in [-0.05, 0) is 58.5 Å². The van der Waals surface area contributed by atoms with Crippen molar-refractivity contribution in [2.24, 2.45) is 4.99 Å². The fourth-order valence-electron chi connectivity index (χ4n) is 2.69. The fraction of sp³-hybridized carbons (Fsp3) is 0.476. The lowest BCUT2D eigenvalue weighted by Gasteiger charge is -2.17. The molecule has 0 heterocycles. The SMILES string of the molecule is C/C=C\C(=C/C)C(N=CC(CCCCNC)NC)c1ccccc1. The average molecular weight is 328 g/mol. The van der Waals surface area contributed by atoms with Gasteiger partial charge in [0.15, 0.2) is 0 Å². The van der Waals surface area contributed by atoms with E-state index in [4.69, 9.17) is 4.99 Å². The monoisotopic (exact) mass is 327 g/mol. The molecular weight excluding hydrogens is 294 g/mol. The van der Waals surface area contributed by atoms with Crippen molar-refractivity contribution < 1.29 is 0 Å².